The van der Waals surface area contributed by atoms with Gasteiger partial charge in [0, 0.05) is 18.8 Å². The highest BCUT2D eigenvalue weighted by molar-refractivity contribution is 5.58. The molecule has 1 aliphatic rings. The Morgan fingerprint density at radius 3 is 2.82 bits per heavy atom. The van der Waals surface area contributed by atoms with Crippen LogP contribution in [0.2, 0.25) is 0 Å². The van der Waals surface area contributed by atoms with Crippen molar-refractivity contribution in [3.8, 4) is 0 Å². The second kappa shape index (κ2) is 5.05. The first kappa shape index (κ1) is 12.4. The summed E-state index contributed by atoms with van der Waals surface area (Å²) in [7, 11) is 0. The molecule has 1 heterocycles. The van der Waals surface area contributed by atoms with Gasteiger partial charge in [-0.1, -0.05) is 19.9 Å². The summed E-state index contributed by atoms with van der Waals surface area (Å²) < 4.78 is 13.3. The van der Waals surface area contributed by atoms with Crippen LogP contribution < -0.4 is 10.6 Å². The molecule has 0 fully saturated rings. The smallest absolute Gasteiger partial charge is 0.125 e. The number of halogens is 1. The summed E-state index contributed by atoms with van der Waals surface area (Å²) in [5.41, 5.74) is 8.12. The molecular formula is C14H21FN2. The summed E-state index contributed by atoms with van der Waals surface area (Å²) in [4.78, 5) is 2.27. The number of hydrogen-bond donors (Lipinski definition) is 1. The number of hydrogen-bond acceptors (Lipinski definition) is 2. The molecule has 1 aliphatic heterocycles. The lowest BCUT2D eigenvalue weighted by Gasteiger charge is -2.27. The van der Waals surface area contributed by atoms with Crippen LogP contribution >= 0.6 is 0 Å². The molecule has 0 aliphatic carbocycles. The van der Waals surface area contributed by atoms with Gasteiger partial charge >= 0.3 is 0 Å². The van der Waals surface area contributed by atoms with Gasteiger partial charge < -0.3 is 10.6 Å². The molecule has 3 heteroatoms. The zero-order chi connectivity index (χ0) is 12.4. The van der Waals surface area contributed by atoms with Gasteiger partial charge in [-0.25, -0.2) is 4.39 Å². The van der Waals surface area contributed by atoms with Crippen LogP contribution in [0.15, 0.2) is 18.2 Å². The standard InChI is InChI=1S/C14H21FN2/c1-10(2)12(8-16)9-17-6-5-11-3-4-13(15)7-14(11)17/h3-4,7,10,12H,5-6,8-9,16H2,1-2H3. The predicted molar refractivity (Wildman–Crippen MR) is 69.7 cm³/mol. The van der Waals surface area contributed by atoms with Gasteiger partial charge in [-0.05, 0) is 42.5 Å². The van der Waals surface area contributed by atoms with Crippen LogP contribution in [0.5, 0.6) is 0 Å². The van der Waals surface area contributed by atoms with Gasteiger partial charge in [-0.15, -0.1) is 0 Å². The zero-order valence-corrected chi connectivity index (χ0v) is 10.6. The minimum atomic E-state index is -0.149. The highest BCUT2D eigenvalue weighted by Crippen LogP contribution is 2.30. The number of fused-ring (bicyclic) bond motifs is 1. The van der Waals surface area contributed by atoms with Gasteiger partial charge in [0.2, 0.25) is 0 Å². The quantitative estimate of drug-likeness (QED) is 0.870. The van der Waals surface area contributed by atoms with E-state index in [1.807, 2.05) is 6.07 Å². The summed E-state index contributed by atoms with van der Waals surface area (Å²) in [6.07, 6.45) is 1.02. The molecular weight excluding hydrogens is 215 g/mol. The summed E-state index contributed by atoms with van der Waals surface area (Å²) in [6.45, 7) is 7.01. The zero-order valence-electron chi connectivity index (χ0n) is 10.6. The topological polar surface area (TPSA) is 29.3 Å². The molecule has 2 nitrogen and oxygen atoms in total. The van der Waals surface area contributed by atoms with Crippen molar-refractivity contribution in [3.63, 3.8) is 0 Å². The van der Waals surface area contributed by atoms with E-state index < -0.39 is 0 Å². The van der Waals surface area contributed by atoms with Crippen LogP contribution in [0.1, 0.15) is 19.4 Å². The van der Waals surface area contributed by atoms with E-state index in [2.05, 4.69) is 18.7 Å². The van der Waals surface area contributed by atoms with Gasteiger partial charge in [-0.2, -0.15) is 0 Å². The number of nitrogens with two attached hydrogens (primary N) is 1. The van der Waals surface area contributed by atoms with Crippen LogP contribution in [0.3, 0.4) is 0 Å². The lowest BCUT2D eigenvalue weighted by Crippen LogP contribution is -2.34. The lowest BCUT2D eigenvalue weighted by molar-refractivity contribution is 0.394. The second-order valence-corrected chi connectivity index (χ2v) is 5.21. The summed E-state index contributed by atoms with van der Waals surface area (Å²) >= 11 is 0. The Morgan fingerprint density at radius 2 is 2.18 bits per heavy atom. The Kier molecular flexibility index (Phi) is 3.67. The molecule has 2 N–H and O–H groups in total. The van der Waals surface area contributed by atoms with E-state index in [0.717, 1.165) is 25.2 Å². The number of benzene rings is 1. The normalized spacial score (nSPS) is 16.4. The van der Waals surface area contributed by atoms with Crippen molar-refractivity contribution in [1.82, 2.24) is 0 Å². The van der Waals surface area contributed by atoms with E-state index in [4.69, 9.17) is 5.73 Å². The first-order chi connectivity index (χ1) is 8.11. The Hall–Kier alpha value is -1.09. The van der Waals surface area contributed by atoms with Crippen LogP contribution in [0, 0.1) is 17.7 Å². The van der Waals surface area contributed by atoms with Gasteiger partial charge in [-0.3, -0.25) is 0 Å². The molecule has 1 aromatic carbocycles. The molecule has 17 heavy (non-hydrogen) atoms. The van der Waals surface area contributed by atoms with Crippen molar-refractivity contribution < 1.29 is 4.39 Å². The molecule has 0 aromatic heterocycles. The Balaban J connectivity index is 2.13. The maximum atomic E-state index is 13.3. The fourth-order valence-electron chi connectivity index (χ4n) is 2.45. The fraction of sp³-hybridized carbons (Fsp3) is 0.571. The molecule has 0 saturated carbocycles. The molecule has 0 spiro atoms. The molecule has 1 aromatic rings. The highest BCUT2D eigenvalue weighted by Gasteiger charge is 2.23. The summed E-state index contributed by atoms with van der Waals surface area (Å²) in [5, 5.41) is 0. The lowest BCUT2D eigenvalue weighted by atomic mass is 9.95. The van der Waals surface area contributed by atoms with Gasteiger partial charge in [0.25, 0.3) is 0 Å². The van der Waals surface area contributed by atoms with Crippen molar-refractivity contribution in [2.75, 3.05) is 24.5 Å². The molecule has 0 saturated heterocycles. The van der Waals surface area contributed by atoms with Gasteiger partial charge in [0.05, 0.1) is 0 Å². The van der Waals surface area contributed by atoms with Crippen molar-refractivity contribution in [1.29, 1.82) is 0 Å². The maximum Gasteiger partial charge on any atom is 0.125 e. The molecule has 2 rings (SSSR count). The largest absolute Gasteiger partial charge is 0.371 e. The van der Waals surface area contributed by atoms with Crippen LogP contribution in [0.25, 0.3) is 0 Å². The average Bonchev–Trinajstić information content (AvgIpc) is 2.68. The second-order valence-electron chi connectivity index (χ2n) is 5.21. The number of rotatable bonds is 4. The monoisotopic (exact) mass is 236 g/mol. The van der Waals surface area contributed by atoms with Crippen molar-refractivity contribution in [2.24, 2.45) is 17.6 Å². The van der Waals surface area contributed by atoms with Crippen molar-refractivity contribution in [3.05, 3.63) is 29.6 Å². The van der Waals surface area contributed by atoms with Crippen LogP contribution in [0.4, 0.5) is 10.1 Å². The Bertz CT molecular complexity index is 390. The van der Waals surface area contributed by atoms with Crippen molar-refractivity contribution in [2.45, 2.75) is 20.3 Å². The average molecular weight is 236 g/mol. The third-order valence-electron chi connectivity index (χ3n) is 3.74. The number of anilines is 1. The van der Waals surface area contributed by atoms with Crippen LogP contribution in [-0.2, 0) is 6.42 Å². The number of nitrogens with zero attached hydrogens (tertiary/aromatic N) is 1. The molecule has 94 valence electrons. The molecule has 1 atom stereocenters. The van der Waals surface area contributed by atoms with E-state index in [1.165, 1.54) is 5.56 Å². The van der Waals surface area contributed by atoms with Crippen molar-refractivity contribution >= 4 is 5.69 Å². The SMILES string of the molecule is CC(C)C(CN)CN1CCc2ccc(F)cc21. The van der Waals surface area contributed by atoms with Gasteiger partial charge in [0.1, 0.15) is 5.82 Å². The Labute approximate surface area is 103 Å². The van der Waals surface area contributed by atoms with E-state index >= 15 is 0 Å². The maximum absolute atomic E-state index is 13.3. The summed E-state index contributed by atoms with van der Waals surface area (Å²) in [5.74, 6) is 0.895. The third kappa shape index (κ3) is 2.60. The predicted octanol–water partition coefficient (Wildman–Crippen LogP) is 2.42. The molecule has 0 bridgehead atoms. The summed E-state index contributed by atoms with van der Waals surface area (Å²) in [6, 6.07) is 5.10. The molecule has 1 unspecified atom stereocenters. The van der Waals surface area contributed by atoms with Gasteiger partial charge in [0.15, 0.2) is 0 Å². The first-order valence-corrected chi connectivity index (χ1v) is 6.35. The first-order valence-electron chi connectivity index (χ1n) is 6.35. The molecule has 0 amide bonds. The Morgan fingerprint density at radius 1 is 1.41 bits per heavy atom. The molecule has 0 radical (unpaired) electrons. The van der Waals surface area contributed by atoms with Crippen LogP contribution in [-0.4, -0.2) is 19.6 Å². The highest BCUT2D eigenvalue weighted by atomic mass is 19.1. The van der Waals surface area contributed by atoms with E-state index in [-0.39, 0.29) is 5.82 Å². The van der Waals surface area contributed by atoms with E-state index in [0.29, 0.717) is 18.4 Å². The fourth-order valence-corrected chi connectivity index (χ4v) is 2.45. The van der Waals surface area contributed by atoms with E-state index in [9.17, 15) is 4.39 Å². The minimum absolute atomic E-state index is 0.149. The minimum Gasteiger partial charge on any atom is -0.371 e. The van der Waals surface area contributed by atoms with E-state index in [1.54, 1.807) is 12.1 Å². The third-order valence-corrected chi connectivity index (χ3v) is 3.74.